The Labute approximate surface area is 165 Å². The van der Waals surface area contributed by atoms with Crippen LogP contribution in [0.3, 0.4) is 0 Å². The average Bonchev–Trinajstić information content (AvgIpc) is 2.72. The van der Waals surface area contributed by atoms with Gasteiger partial charge in [-0.1, -0.05) is 54.6 Å². The van der Waals surface area contributed by atoms with E-state index in [0.717, 1.165) is 16.7 Å². The lowest BCUT2D eigenvalue weighted by molar-refractivity contribution is 0.0951. The van der Waals surface area contributed by atoms with Crippen LogP contribution in [0.2, 0.25) is 0 Å². The Bertz CT molecular complexity index is 1050. The van der Waals surface area contributed by atoms with E-state index in [1.54, 1.807) is 0 Å². The van der Waals surface area contributed by atoms with Crippen molar-refractivity contribution in [2.75, 3.05) is 0 Å². The second-order valence-electron chi connectivity index (χ2n) is 6.44. The summed E-state index contributed by atoms with van der Waals surface area (Å²) in [5.41, 5.74) is 3.35. The topological polar surface area (TPSA) is 75.3 Å². The van der Waals surface area contributed by atoms with Gasteiger partial charge in [-0.2, -0.15) is 0 Å². The first-order valence-electron chi connectivity index (χ1n) is 8.92. The number of nitrogens with one attached hydrogen (secondary N) is 2. The molecule has 0 atom stereocenters. The van der Waals surface area contributed by atoms with Gasteiger partial charge in [0, 0.05) is 18.7 Å². The number of amides is 1. The Morgan fingerprint density at radius 1 is 0.821 bits per heavy atom. The molecule has 0 bridgehead atoms. The number of rotatable bonds is 7. The van der Waals surface area contributed by atoms with Gasteiger partial charge in [-0.15, -0.1) is 0 Å². The molecule has 2 N–H and O–H groups in total. The largest absolute Gasteiger partial charge is 0.348 e. The Balaban J connectivity index is 1.62. The molecule has 6 heteroatoms. The van der Waals surface area contributed by atoms with Gasteiger partial charge in [0.05, 0.1) is 4.90 Å². The van der Waals surface area contributed by atoms with Crippen molar-refractivity contribution in [3.05, 3.63) is 101 Å². The number of carbonyl (C=O) groups excluding carboxylic acids is 1. The maximum atomic E-state index is 12.5. The molecular formula is C22H22N2O3S. The number of hydrogen-bond acceptors (Lipinski definition) is 3. The third kappa shape index (κ3) is 5.06. The maximum absolute atomic E-state index is 12.5. The minimum absolute atomic E-state index is 0.126. The first kappa shape index (κ1) is 19.8. The van der Waals surface area contributed by atoms with Crippen molar-refractivity contribution in [1.82, 2.24) is 10.0 Å². The molecule has 0 aliphatic heterocycles. The summed E-state index contributed by atoms with van der Waals surface area (Å²) in [5, 5.41) is 2.82. The van der Waals surface area contributed by atoms with Gasteiger partial charge in [0.25, 0.3) is 5.91 Å². The summed E-state index contributed by atoms with van der Waals surface area (Å²) in [7, 11) is -3.65. The number of aryl methyl sites for hydroxylation is 1. The lowest BCUT2D eigenvalue weighted by Gasteiger charge is -2.10. The van der Waals surface area contributed by atoms with Crippen LogP contribution in [0.5, 0.6) is 0 Å². The van der Waals surface area contributed by atoms with Crippen LogP contribution in [0, 0.1) is 6.92 Å². The molecule has 144 valence electrons. The van der Waals surface area contributed by atoms with E-state index in [1.807, 2.05) is 61.5 Å². The fourth-order valence-electron chi connectivity index (χ4n) is 2.73. The second kappa shape index (κ2) is 8.82. The van der Waals surface area contributed by atoms with Crippen LogP contribution in [0.25, 0.3) is 0 Å². The summed E-state index contributed by atoms with van der Waals surface area (Å²) in [6.07, 6.45) is 0. The molecule has 0 heterocycles. The van der Waals surface area contributed by atoms with Crippen molar-refractivity contribution in [3.63, 3.8) is 0 Å². The normalized spacial score (nSPS) is 11.2. The van der Waals surface area contributed by atoms with Crippen LogP contribution in [-0.4, -0.2) is 14.3 Å². The summed E-state index contributed by atoms with van der Waals surface area (Å²) < 4.78 is 27.6. The first-order chi connectivity index (χ1) is 13.5. The maximum Gasteiger partial charge on any atom is 0.251 e. The summed E-state index contributed by atoms with van der Waals surface area (Å²) in [5.74, 6) is -0.249. The zero-order valence-electron chi connectivity index (χ0n) is 15.6. The second-order valence-corrected chi connectivity index (χ2v) is 8.21. The van der Waals surface area contributed by atoms with Crippen LogP contribution in [0.15, 0.2) is 83.8 Å². The summed E-state index contributed by atoms with van der Waals surface area (Å²) in [4.78, 5) is 12.4. The molecule has 0 aromatic heterocycles. The quantitative estimate of drug-likeness (QED) is 0.645. The molecule has 5 nitrogen and oxygen atoms in total. The monoisotopic (exact) mass is 394 g/mol. The van der Waals surface area contributed by atoms with E-state index in [-0.39, 0.29) is 17.3 Å². The van der Waals surface area contributed by atoms with E-state index >= 15 is 0 Å². The number of carbonyl (C=O) groups is 1. The van der Waals surface area contributed by atoms with Gasteiger partial charge in [-0.25, -0.2) is 13.1 Å². The highest BCUT2D eigenvalue weighted by atomic mass is 32.2. The van der Waals surface area contributed by atoms with Crippen LogP contribution >= 0.6 is 0 Å². The highest BCUT2D eigenvalue weighted by molar-refractivity contribution is 7.89. The van der Waals surface area contributed by atoms with Gasteiger partial charge in [0.1, 0.15) is 0 Å². The first-order valence-corrected chi connectivity index (χ1v) is 10.4. The van der Waals surface area contributed by atoms with Crippen LogP contribution in [0.1, 0.15) is 27.0 Å². The van der Waals surface area contributed by atoms with Crippen molar-refractivity contribution in [2.24, 2.45) is 0 Å². The molecule has 0 saturated heterocycles. The van der Waals surface area contributed by atoms with Gasteiger partial charge in [-0.05, 0) is 47.9 Å². The van der Waals surface area contributed by atoms with Gasteiger partial charge in [0.15, 0.2) is 0 Å². The van der Waals surface area contributed by atoms with Crippen molar-refractivity contribution in [3.8, 4) is 0 Å². The Morgan fingerprint density at radius 2 is 1.46 bits per heavy atom. The Morgan fingerprint density at radius 3 is 2.14 bits per heavy atom. The lowest BCUT2D eigenvalue weighted by atomic mass is 10.1. The molecule has 1 amide bonds. The molecule has 3 rings (SSSR count). The van der Waals surface area contributed by atoms with E-state index in [9.17, 15) is 13.2 Å². The molecule has 0 aliphatic carbocycles. The molecule has 3 aromatic carbocycles. The zero-order valence-corrected chi connectivity index (χ0v) is 16.4. The van der Waals surface area contributed by atoms with Gasteiger partial charge < -0.3 is 5.32 Å². The van der Waals surface area contributed by atoms with Crippen LogP contribution < -0.4 is 10.0 Å². The van der Waals surface area contributed by atoms with Gasteiger partial charge in [0.2, 0.25) is 10.0 Å². The zero-order chi connectivity index (χ0) is 20.0. The molecule has 0 fully saturated rings. The number of hydrogen-bond donors (Lipinski definition) is 2. The molecule has 28 heavy (non-hydrogen) atoms. The van der Waals surface area contributed by atoms with Gasteiger partial charge >= 0.3 is 0 Å². The fourth-order valence-corrected chi connectivity index (χ4v) is 3.74. The molecule has 0 saturated carbocycles. The predicted octanol–water partition coefficient (Wildman–Crippen LogP) is 3.40. The fraction of sp³-hybridized carbons (Fsp3) is 0.136. The summed E-state index contributed by atoms with van der Waals surface area (Å²) in [6.45, 7) is 2.57. The highest BCUT2D eigenvalue weighted by Crippen LogP contribution is 2.13. The smallest absolute Gasteiger partial charge is 0.251 e. The van der Waals surface area contributed by atoms with Crippen molar-refractivity contribution >= 4 is 15.9 Å². The molecule has 3 aromatic rings. The molecule has 0 unspecified atom stereocenters. The van der Waals surface area contributed by atoms with Crippen LogP contribution in [0.4, 0.5) is 0 Å². The Hall–Kier alpha value is -2.96. The van der Waals surface area contributed by atoms with Crippen molar-refractivity contribution in [1.29, 1.82) is 0 Å². The third-order valence-corrected chi connectivity index (χ3v) is 5.85. The SMILES string of the molecule is Cc1ccccc1CNS(=O)(=O)c1ccc(C(=O)NCc2ccccc2)cc1. The standard InChI is InChI=1S/C22H22N2O3S/c1-17-7-5-6-10-20(17)16-24-28(26,27)21-13-11-19(12-14-21)22(25)23-15-18-8-3-2-4-9-18/h2-14,24H,15-16H2,1H3,(H,23,25). The summed E-state index contributed by atoms with van der Waals surface area (Å²) in [6, 6.07) is 23.1. The van der Waals surface area contributed by atoms with Crippen LogP contribution in [-0.2, 0) is 23.1 Å². The molecule has 0 radical (unpaired) electrons. The van der Waals surface area contributed by atoms with E-state index in [4.69, 9.17) is 0 Å². The Kier molecular flexibility index (Phi) is 6.23. The lowest BCUT2D eigenvalue weighted by Crippen LogP contribution is -2.24. The highest BCUT2D eigenvalue weighted by Gasteiger charge is 2.15. The molecule has 0 spiro atoms. The van der Waals surface area contributed by atoms with Crippen molar-refractivity contribution in [2.45, 2.75) is 24.9 Å². The van der Waals surface area contributed by atoms with E-state index in [0.29, 0.717) is 12.1 Å². The third-order valence-electron chi connectivity index (χ3n) is 4.44. The molecule has 0 aliphatic rings. The van der Waals surface area contributed by atoms with E-state index in [1.165, 1.54) is 24.3 Å². The van der Waals surface area contributed by atoms with Gasteiger partial charge in [-0.3, -0.25) is 4.79 Å². The number of benzene rings is 3. The molecular weight excluding hydrogens is 372 g/mol. The average molecular weight is 394 g/mol. The minimum Gasteiger partial charge on any atom is -0.348 e. The van der Waals surface area contributed by atoms with E-state index in [2.05, 4.69) is 10.0 Å². The number of sulfonamides is 1. The van der Waals surface area contributed by atoms with Crippen molar-refractivity contribution < 1.29 is 13.2 Å². The van der Waals surface area contributed by atoms with E-state index < -0.39 is 10.0 Å². The predicted molar refractivity (Wildman–Crippen MR) is 109 cm³/mol. The summed E-state index contributed by atoms with van der Waals surface area (Å²) >= 11 is 0. The minimum atomic E-state index is -3.65.